The molecule has 2 aromatic heterocycles. The summed E-state index contributed by atoms with van der Waals surface area (Å²) in [5, 5.41) is 3.87. The third-order valence-corrected chi connectivity index (χ3v) is 7.82. The van der Waals surface area contributed by atoms with Gasteiger partial charge >= 0.3 is 17.7 Å². The van der Waals surface area contributed by atoms with Crippen LogP contribution >= 0.6 is 0 Å². The molecule has 0 fully saturated rings. The zero-order valence-electron chi connectivity index (χ0n) is 24.4. The molecule has 0 saturated heterocycles. The fraction of sp³-hybridized carbons (Fsp3) is 0.200. The van der Waals surface area contributed by atoms with Gasteiger partial charge in [0, 0.05) is 34.2 Å². The molecule has 10 heteroatoms. The van der Waals surface area contributed by atoms with E-state index in [2.05, 4.69) is 11.4 Å². The van der Waals surface area contributed by atoms with Crippen LogP contribution in [0.5, 0.6) is 11.5 Å². The number of anilines is 1. The monoisotopic (exact) mass is 604 g/mol. The molecule has 0 spiro atoms. The topological polar surface area (TPSA) is 126 Å². The normalized spacial score (nSPS) is 14.4. The molecule has 2 aliphatic rings. The van der Waals surface area contributed by atoms with E-state index in [1.54, 1.807) is 19.1 Å². The largest absolute Gasteiger partial charge is 0.457 e. The van der Waals surface area contributed by atoms with E-state index in [0.717, 1.165) is 35.2 Å². The summed E-state index contributed by atoms with van der Waals surface area (Å²) < 4.78 is 27.2. The molecule has 0 saturated carbocycles. The summed E-state index contributed by atoms with van der Waals surface area (Å²) in [6.07, 6.45) is 3.78. The molecule has 1 amide bonds. The van der Waals surface area contributed by atoms with E-state index in [1.807, 2.05) is 42.5 Å². The molecule has 0 radical (unpaired) electrons. The van der Waals surface area contributed by atoms with Crippen molar-refractivity contribution in [2.75, 3.05) is 18.7 Å². The van der Waals surface area contributed by atoms with Crippen LogP contribution in [0.25, 0.3) is 33.5 Å². The van der Waals surface area contributed by atoms with Gasteiger partial charge in [0.1, 0.15) is 12.2 Å². The summed E-state index contributed by atoms with van der Waals surface area (Å²) in [4.78, 5) is 43.2. The summed E-state index contributed by atoms with van der Waals surface area (Å²) in [6.45, 7) is 1.97. The van der Waals surface area contributed by atoms with Gasteiger partial charge in [-0.2, -0.15) is 0 Å². The van der Waals surface area contributed by atoms with Gasteiger partial charge in [-0.25, -0.2) is 19.4 Å². The molecular formula is C35H28N2O8. The van der Waals surface area contributed by atoms with Crippen LogP contribution in [0.4, 0.5) is 10.5 Å². The first kappa shape index (κ1) is 28.1. The van der Waals surface area contributed by atoms with Crippen molar-refractivity contribution in [3.05, 3.63) is 105 Å². The van der Waals surface area contributed by atoms with Crippen LogP contribution in [-0.2, 0) is 22.5 Å². The SMILES string of the molecule is CCOC(=O)Nc1ccc2c(COC(=O)c3c4c(nc5ccccc35)/C(=C/c3ccc5c(c3)OCO5)CCC4)cc(=O)oc2c1. The molecule has 45 heavy (non-hydrogen) atoms. The Hall–Kier alpha value is -5.64. The predicted molar refractivity (Wildman–Crippen MR) is 167 cm³/mol. The maximum Gasteiger partial charge on any atom is 0.411 e. The van der Waals surface area contributed by atoms with E-state index in [1.165, 1.54) is 12.1 Å². The minimum Gasteiger partial charge on any atom is -0.457 e. The highest BCUT2D eigenvalue weighted by molar-refractivity contribution is 6.06. The molecule has 0 bridgehead atoms. The first-order chi connectivity index (χ1) is 22.0. The number of benzene rings is 3. The van der Waals surface area contributed by atoms with Crippen molar-refractivity contribution in [3.8, 4) is 11.5 Å². The highest BCUT2D eigenvalue weighted by Gasteiger charge is 2.26. The third kappa shape index (κ3) is 5.58. The number of carbonyl (C=O) groups excluding carboxylic acids is 2. The Kier molecular flexibility index (Phi) is 7.38. The average molecular weight is 605 g/mol. The number of aromatic nitrogens is 1. The van der Waals surface area contributed by atoms with Gasteiger partial charge in [0.15, 0.2) is 11.5 Å². The Labute approximate surface area is 257 Å². The summed E-state index contributed by atoms with van der Waals surface area (Å²) >= 11 is 0. The molecule has 10 nitrogen and oxygen atoms in total. The van der Waals surface area contributed by atoms with E-state index < -0.39 is 17.7 Å². The minimum atomic E-state index is -0.619. The summed E-state index contributed by atoms with van der Waals surface area (Å²) in [7, 11) is 0. The number of hydrogen-bond donors (Lipinski definition) is 1. The Balaban J connectivity index is 1.22. The molecule has 1 aliphatic heterocycles. The number of carbonyl (C=O) groups is 2. The molecule has 226 valence electrons. The van der Waals surface area contributed by atoms with Crippen molar-refractivity contribution < 1.29 is 33.0 Å². The molecule has 0 atom stereocenters. The van der Waals surface area contributed by atoms with Gasteiger partial charge in [-0.3, -0.25) is 5.32 Å². The number of para-hydroxylation sites is 1. The molecular weight excluding hydrogens is 576 g/mol. The van der Waals surface area contributed by atoms with Crippen molar-refractivity contribution >= 4 is 51.3 Å². The highest BCUT2D eigenvalue weighted by atomic mass is 16.7. The first-order valence-electron chi connectivity index (χ1n) is 14.7. The van der Waals surface area contributed by atoms with Gasteiger partial charge in [0.25, 0.3) is 0 Å². The van der Waals surface area contributed by atoms with Crippen LogP contribution in [0.15, 0.2) is 75.9 Å². The van der Waals surface area contributed by atoms with Crippen LogP contribution in [-0.4, -0.2) is 30.4 Å². The second-order valence-electron chi connectivity index (χ2n) is 10.7. The maximum atomic E-state index is 13.9. The molecule has 1 aliphatic carbocycles. The number of pyridine rings is 1. The first-order valence-corrected chi connectivity index (χ1v) is 14.7. The molecule has 3 aromatic carbocycles. The lowest BCUT2D eigenvalue weighted by atomic mass is 9.86. The number of ether oxygens (including phenoxy) is 4. The van der Waals surface area contributed by atoms with Crippen LogP contribution in [0, 0.1) is 0 Å². The summed E-state index contributed by atoms with van der Waals surface area (Å²) in [5.41, 5.74) is 5.27. The van der Waals surface area contributed by atoms with Gasteiger partial charge in [0.05, 0.1) is 23.4 Å². The standard InChI is InChI=1S/C35H28N2O8/c1-2-41-35(40)36-23-11-12-24-22(16-31(38)45-29(24)17-23)18-42-34(39)32-25-7-3-4-9-27(25)37-33-21(6-5-8-26(32)33)14-20-10-13-28-30(15-20)44-19-43-28/h3-4,7,9-17H,2,5-6,8,18-19H2,1H3,(H,36,40)/b21-14+. The van der Waals surface area contributed by atoms with Gasteiger partial charge in [0.2, 0.25) is 6.79 Å². The lowest BCUT2D eigenvalue weighted by Crippen LogP contribution is -2.16. The maximum absolute atomic E-state index is 13.9. The van der Waals surface area contributed by atoms with Gasteiger partial charge in [-0.15, -0.1) is 0 Å². The van der Waals surface area contributed by atoms with Crippen LogP contribution in [0.1, 0.15) is 52.5 Å². The minimum absolute atomic E-state index is 0.156. The zero-order valence-corrected chi connectivity index (χ0v) is 24.4. The molecule has 1 N–H and O–H groups in total. The Morgan fingerprint density at radius 2 is 1.82 bits per heavy atom. The fourth-order valence-corrected chi connectivity index (χ4v) is 5.84. The summed E-state index contributed by atoms with van der Waals surface area (Å²) in [5.74, 6) is 0.911. The Morgan fingerprint density at radius 1 is 0.956 bits per heavy atom. The average Bonchev–Trinajstić information content (AvgIpc) is 3.50. The van der Waals surface area contributed by atoms with E-state index >= 15 is 0 Å². The van der Waals surface area contributed by atoms with Crippen molar-refractivity contribution in [3.63, 3.8) is 0 Å². The number of rotatable bonds is 6. The van der Waals surface area contributed by atoms with E-state index in [9.17, 15) is 14.4 Å². The summed E-state index contributed by atoms with van der Waals surface area (Å²) in [6, 6.07) is 19.5. The van der Waals surface area contributed by atoms with Gasteiger partial charge < -0.3 is 23.4 Å². The number of esters is 1. The predicted octanol–water partition coefficient (Wildman–Crippen LogP) is 6.87. The lowest BCUT2D eigenvalue weighted by Gasteiger charge is -2.22. The number of amides is 1. The smallest absolute Gasteiger partial charge is 0.411 e. The number of nitrogens with zero attached hydrogens (tertiary/aromatic N) is 1. The number of fused-ring (bicyclic) bond motifs is 4. The van der Waals surface area contributed by atoms with Crippen molar-refractivity contribution in [2.24, 2.45) is 0 Å². The Bertz CT molecular complexity index is 2080. The molecule has 5 aromatic rings. The molecule has 0 unspecified atom stereocenters. The second-order valence-corrected chi connectivity index (χ2v) is 10.7. The van der Waals surface area contributed by atoms with Crippen molar-refractivity contribution in [1.29, 1.82) is 0 Å². The Morgan fingerprint density at radius 3 is 2.71 bits per heavy atom. The van der Waals surface area contributed by atoms with E-state index in [-0.39, 0.29) is 25.6 Å². The zero-order chi connectivity index (χ0) is 30.9. The highest BCUT2D eigenvalue weighted by Crippen LogP contribution is 2.38. The number of allylic oxidation sites excluding steroid dienone is 1. The molecule has 7 rings (SSSR count). The number of hydrogen-bond acceptors (Lipinski definition) is 9. The van der Waals surface area contributed by atoms with E-state index in [0.29, 0.717) is 51.0 Å². The van der Waals surface area contributed by atoms with Crippen molar-refractivity contribution in [1.82, 2.24) is 4.98 Å². The van der Waals surface area contributed by atoms with Crippen LogP contribution in [0.3, 0.4) is 0 Å². The fourth-order valence-electron chi connectivity index (χ4n) is 5.84. The second kappa shape index (κ2) is 11.8. The van der Waals surface area contributed by atoms with Crippen molar-refractivity contribution in [2.45, 2.75) is 32.8 Å². The molecule has 3 heterocycles. The number of nitrogens with one attached hydrogen (secondary N) is 1. The lowest BCUT2D eigenvalue weighted by molar-refractivity contribution is 0.0474. The quantitative estimate of drug-likeness (QED) is 0.163. The van der Waals surface area contributed by atoms with Crippen LogP contribution in [0.2, 0.25) is 0 Å². The van der Waals surface area contributed by atoms with Gasteiger partial charge in [-0.1, -0.05) is 24.3 Å². The van der Waals surface area contributed by atoms with Gasteiger partial charge in [-0.05, 0) is 79.3 Å². The third-order valence-electron chi connectivity index (χ3n) is 7.82. The van der Waals surface area contributed by atoms with E-state index in [4.69, 9.17) is 28.3 Å². The van der Waals surface area contributed by atoms with Crippen LogP contribution < -0.4 is 20.4 Å².